The van der Waals surface area contributed by atoms with Crippen LogP contribution < -0.4 is 0 Å². The van der Waals surface area contributed by atoms with Crippen molar-refractivity contribution < 1.29 is 0 Å². The van der Waals surface area contributed by atoms with E-state index in [9.17, 15) is 0 Å². The number of hydrogen-bond donors (Lipinski definition) is 0. The zero-order chi connectivity index (χ0) is 25.4. The van der Waals surface area contributed by atoms with Crippen molar-refractivity contribution in [3.05, 3.63) is 28.8 Å². The summed E-state index contributed by atoms with van der Waals surface area (Å²) in [6.07, 6.45) is 28.9. The largest absolute Gasteiger partial charge is 0.126 e. The van der Waals surface area contributed by atoms with E-state index in [1.54, 1.807) is 0 Å². The van der Waals surface area contributed by atoms with E-state index in [-0.39, 0.29) is 0 Å². The van der Waals surface area contributed by atoms with E-state index in [1.165, 1.54) is 149 Å². The highest BCUT2D eigenvalue weighted by atomic mass is 32.2. The number of hydrogen-bond acceptors (Lipinski definition) is 1. The molecule has 0 aliphatic rings. The summed E-state index contributed by atoms with van der Waals surface area (Å²) in [4.78, 5) is 1.48. The molecule has 0 aliphatic heterocycles. The molecule has 0 nitrogen and oxygen atoms in total. The zero-order valence-corrected chi connectivity index (χ0v) is 24.9. The normalized spacial score (nSPS) is 11.0. The predicted octanol–water partition coefficient (Wildman–Crippen LogP) is 11.8. The standard InChI is InChI=1S/C34H58S/c1-5-7-9-11-12-13-14-15-16-17-18-19-20-21-22-24-26-28-35-34-30-31(3)29-32(4)33(34)27-25-23-10-8-6-2/h29-30H,5-22,24,26-28H2,1-4H3. The zero-order valence-electron chi connectivity index (χ0n) is 24.1. The van der Waals surface area contributed by atoms with Gasteiger partial charge in [-0.1, -0.05) is 135 Å². The molecule has 0 bridgehead atoms. The summed E-state index contributed by atoms with van der Waals surface area (Å²) in [5.41, 5.74) is 4.27. The van der Waals surface area contributed by atoms with Gasteiger partial charge in [-0.05, 0) is 55.2 Å². The SMILES string of the molecule is CCCCC#CCc1c(C)cc(C)cc1SCCCCCCCCCCCCCCCCCCC. The second-order valence-corrected chi connectivity index (χ2v) is 11.8. The Bertz CT molecular complexity index is 678. The van der Waals surface area contributed by atoms with Crippen LogP contribution in [0.2, 0.25) is 0 Å². The van der Waals surface area contributed by atoms with Crippen LogP contribution in [0.5, 0.6) is 0 Å². The monoisotopic (exact) mass is 498 g/mol. The van der Waals surface area contributed by atoms with Crippen molar-refractivity contribution in [1.82, 2.24) is 0 Å². The smallest absolute Gasteiger partial charge is 0.0354 e. The quantitative estimate of drug-likeness (QED) is 0.0869. The molecular weight excluding hydrogens is 440 g/mol. The number of aryl methyl sites for hydroxylation is 2. The number of unbranched alkanes of at least 4 members (excludes halogenated alkanes) is 18. The molecule has 0 unspecified atom stereocenters. The van der Waals surface area contributed by atoms with Gasteiger partial charge in [-0.2, -0.15) is 0 Å². The highest BCUT2D eigenvalue weighted by Gasteiger charge is 2.07. The van der Waals surface area contributed by atoms with Crippen molar-refractivity contribution in [1.29, 1.82) is 0 Å². The van der Waals surface area contributed by atoms with E-state index in [0.717, 1.165) is 12.8 Å². The molecule has 200 valence electrons. The van der Waals surface area contributed by atoms with E-state index in [1.807, 2.05) is 0 Å². The Kier molecular flexibility index (Phi) is 21.6. The molecule has 0 aliphatic carbocycles. The van der Waals surface area contributed by atoms with Crippen LogP contribution in [0, 0.1) is 25.7 Å². The highest BCUT2D eigenvalue weighted by molar-refractivity contribution is 7.99. The van der Waals surface area contributed by atoms with Crippen molar-refractivity contribution >= 4 is 11.8 Å². The van der Waals surface area contributed by atoms with Gasteiger partial charge in [0.05, 0.1) is 0 Å². The van der Waals surface area contributed by atoms with Crippen molar-refractivity contribution in [3.63, 3.8) is 0 Å². The molecule has 0 aromatic heterocycles. The molecule has 0 spiro atoms. The van der Waals surface area contributed by atoms with Gasteiger partial charge in [0, 0.05) is 17.7 Å². The van der Waals surface area contributed by atoms with Crippen molar-refractivity contribution in [3.8, 4) is 11.8 Å². The molecule has 0 heterocycles. The average Bonchev–Trinajstić information content (AvgIpc) is 2.84. The van der Waals surface area contributed by atoms with Crippen molar-refractivity contribution in [2.45, 2.75) is 167 Å². The first-order chi connectivity index (χ1) is 17.2. The fraction of sp³-hybridized carbons (Fsp3) is 0.765. The maximum Gasteiger partial charge on any atom is 0.0354 e. The molecular formula is C34H58S. The maximum absolute atomic E-state index is 3.43. The minimum absolute atomic E-state index is 0.914. The summed E-state index contributed by atoms with van der Waals surface area (Å²) in [5, 5.41) is 0. The number of rotatable bonds is 22. The molecule has 1 aromatic rings. The lowest BCUT2D eigenvalue weighted by atomic mass is 10.0. The Morgan fingerprint density at radius 2 is 1.06 bits per heavy atom. The Hall–Kier alpha value is -0.870. The van der Waals surface area contributed by atoms with Gasteiger partial charge in [-0.3, -0.25) is 0 Å². The molecule has 35 heavy (non-hydrogen) atoms. The van der Waals surface area contributed by atoms with E-state index < -0.39 is 0 Å². The topological polar surface area (TPSA) is 0 Å². The first-order valence-corrected chi connectivity index (χ1v) is 16.4. The molecule has 1 heteroatoms. The van der Waals surface area contributed by atoms with Crippen molar-refractivity contribution in [2.75, 3.05) is 5.75 Å². The number of thioether (sulfide) groups is 1. The highest BCUT2D eigenvalue weighted by Crippen LogP contribution is 2.28. The van der Waals surface area contributed by atoms with Crippen LogP contribution in [0.15, 0.2) is 17.0 Å². The summed E-state index contributed by atoms with van der Waals surface area (Å²) in [5.74, 6) is 8.05. The van der Waals surface area contributed by atoms with Gasteiger partial charge in [0.15, 0.2) is 0 Å². The Balaban J connectivity index is 2.03. The van der Waals surface area contributed by atoms with Crippen LogP contribution in [0.3, 0.4) is 0 Å². The third-order valence-corrected chi connectivity index (χ3v) is 8.30. The average molecular weight is 499 g/mol. The lowest BCUT2D eigenvalue weighted by Gasteiger charge is -2.12. The molecule has 0 saturated heterocycles. The summed E-state index contributed by atoms with van der Waals surface area (Å²) >= 11 is 2.06. The first kappa shape index (κ1) is 32.2. The summed E-state index contributed by atoms with van der Waals surface area (Å²) in [6.45, 7) is 9.02. The van der Waals surface area contributed by atoms with Gasteiger partial charge >= 0.3 is 0 Å². The predicted molar refractivity (Wildman–Crippen MR) is 162 cm³/mol. The van der Waals surface area contributed by atoms with Gasteiger partial charge in [-0.15, -0.1) is 17.7 Å². The third-order valence-electron chi connectivity index (χ3n) is 7.13. The minimum atomic E-state index is 0.914. The molecule has 0 saturated carbocycles. The van der Waals surface area contributed by atoms with E-state index in [4.69, 9.17) is 0 Å². The van der Waals surface area contributed by atoms with Crippen LogP contribution in [-0.2, 0) is 6.42 Å². The Morgan fingerprint density at radius 3 is 1.57 bits per heavy atom. The minimum Gasteiger partial charge on any atom is -0.126 e. The van der Waals surface area contributed by atoms with Crippen molar-refractivity contribution in [2.24, 2.45) is 0 Å². The second-order valence-electron chi connectivity index (χ2n) is 10.7. The van der Waals surface area contributed by atoms with Gasteiger partial charge in [0.1, 0.15) is 0 Å². The first-order valence-electron chi connectivity index (χ1n) is 15.4. The maximum atomic E-state index is 3.43. The summed E-state index contributed by atoms with van der Waals surface area (Å²) < 4.78 is 0. The second kappa shape index (κ2) is 23.5. The summed E-state index contributed by atoms with van der Waals surface area (Å²) in [6, 6.07) is 4.71. The van der Waals surface area contributed by atoms with E-state index >= 15 is 0 Å². The van der Waals surface area contributed by atoms with Crippen LogP contribution in [-0.4, -0.2) is 5.75 Å². The lowest BCUT2D eigenvalue weighted by Crippen LogP contribution is -1.94. The molecule has 1 aromatic carbocycles. The molecule has 0 atom stereocenters. The molecule has 1 rings (SSSR count). The van der Waals surface area contributed by atoms with Crippen LogP contribution in [0.1, 0.15) is 159 Å². The number of benzene rings is 1. The van der Waals surface area contributed by atoms with Gasteiger partial charge in [0.2, 0.25) is 0 Å². The van der Waals surface area contributed by atoms with Gasteiger partial charge in [-0.25, -0.2) is 0 Å². The van der Waals surface area contributed by atoms with Gasteiger partial charge < -0.3 is 0 Å². The summed E-state index contributed by atoms with van der Waals surface area (Å²) in [7, 11) is 0. The molecule has 0 amide bonds. The molecule has 0 radical (unpaired) electrons. The van der Waals surface area contributed by atoms with E-state index in [2.05, 4.69) is 63.4 Å². The molecule has 0 fully saturated rings. The fourth-order valence-corrected chi connectivity index (χ4v) is 6.07. The van der Waals surface area contributed by atoms with Crippen LogP contribution >= 0.6 is 11.8 Å². The molecule has 0 N–H and O–H groups in total. The third kappa shape index (κ3) is 18.1. The van der Waals surface area contributed by atoms with Crippen LogP contribution in [0.25, 0.3) is 0 Å². The lowest BCUT2D eigenvalue weighted by molar-refractivity contribution is 0.529. The van der Waals surface area contributed by atoms with E-state index in [0.29, 0.717) is 0 Å². The van der Waals surface area contributed by atoms with Gasteiger partial charge in [0.25, 0.3) is 0 Å². The van der Waals surface area contributed by atoms with Crippen LogP contribution in [0.4, 0.5) is 0 Å². The Labute approximate surface area is 225 Å². The fourth-order valence-electron chi connectivity index (χ4n) is 4.83. The Morgan fingerprint density at radius 1 is 0.571 bits per heavy atom.